The first-order chi connectivity index (χ1) is 15.0. The van der Waals surface area contributed by atoms with Crippen LogP contribution in [0.1, 0.15) is 48.3 Å². The number of hydrogen-bond acceptors (Lipinski definition) is 4. The number of rotatable bonds is 3. The van der Waals surface area contributed by atoms with Crippen molar-refractivity contribution in [3.63, 3.8) is 0 Å². The zero-order valence-corrected chi connectivity index (χ0v) is 18.7. The quantitative estimate of drug-likeness (QED) is 0.632. The van der Waals surface area contributed by atoms with Gasteiger partial charge in [-0.05, 0) is 56.9 Å². The molecule has 1 aliphatic heterocycles. The number of thiophene rings is 1. The standard InChI is InChI=1S/C24H26N4O2S/c1-16-6-3-4-8-19(16)28-20-9-5-7-18(20)22(25-28)24(30)27-14-12-26(13-15-27)23(29)21-11-10-17(2)31-21/h3-4,6,8,10-11H,5,7,9,12-15H2,1-2H3. The Morgan fingerprint density at radius 2 is 1.61 bits per heavy atom. The Balaban J connectivity index is 1.34. The van der Waals surface area contributed by atoms with Crippen LogP contribution >= 0.6 is 11.3 Å². The number of benzene rings is 1. The summed E-state index contributed by atoms with van der Waals surface area (Å²) in [5, 5.41) is 4.79. The monoisotopic (exact) mass is 434 g/mol. The normalized spacial score (nSPS) is 15.9. The average molecular weight is 435 g/mol. The molecule has 0 atom stereocenters. The molecule has 3 heterocycles. The second-order valence-electron chi connectivity index (χ2n) is 8.32. The van der Waals surface area contributed by atoms with Crippen LogP contribution in [0, 0.1) is 13.8 Å². The second-order valence-corrected chi connectivity index (χ2v) is 9.61. The lowest BCUT2D eigenvalue weighted by atomic mass is 10.1. The van der Waals surface area contributed by atoms with E-state index in [1.807, 2.05) is 45.7 Å². The van der Waals surface area contributed by atoms with Crippen molar-refractivity contribution in [2.45, 2.75) is 33.1 Å². The number of carbonyl (C=O) groups is 2. The topological polar surface area (TPSA) is 58.4 Å². The zero-order valence-electron chi connectivity index (χ0n) is 17.9. The van der Waals surface area contributed by atoms with Crippen molar-refractivity contribution < 1.29 is 9.59 Å². The van der Waals surface area contributed by atoms with E-state index in [2.05, 4.69) is 19.1 Å². The number of amides is 2. The smallest absolute Gasteiger partial charge is 0.274 e. The van der Waals surface area contributed by atoms with E-state index >= 15 is 0 Å². The molecule has 6 nitrogen and oxygen atoms in total. The van der Waals surface area contributed by atoms with E-state index in [4.69, 9.17) is 5.10 Å². The third-order valence-electron chi connectivity index (χ3n) is 6.28. The van der Waals surface area contributed by atoms with Gasteiger partial charge in [-0.2, -0.15) is 5.10 Å². The second kappa shape index (κ2) is 7.96. The van der Waals surface area contributed by atoms with E-state index in [1.165, 1.54) is 17.0 Å². The van der Waals surface area contributed by atoms with Crippen LogP contribution in [-0.4, -0.2) is 57.6 Å². The van der Waals surface area contributed by atoms with Gasteiger partial charge in [0, 0.05) is 42.3 Å². The zero-order chi connectivity index (χ0) is 21.5. The van der Waals surface area contributed by atoms with Crippen molar-refractivity contribution in [2.24, 2.45) is 0 Å². The number of aryl methyl sites for hydroxylation is 2. The van der Waals surface area contributed by atoms with Crippen molar-refractivity contribution >= 4 is 23.2 Å². The Hall–Kier alpha value is -2.93. The van der Waals surface area contributed by atoms with Gasteiger partial charge in [-0.25, -0.2) is 4.68 Å². The Kier molecular flexibility index (Phi) is 5.14. The first-order valence-electron chi connectivity index (χ1n) is 10.8. The van der Waals surface area contributed by atoms with E-state index in [0.717, 1.165) is 45.8 Å². The number of piperazine rings is 1. The molecule has 2 aliphatic rings. The number of para-hydroxylation sites is 1. The highest BCUT2D eigenvalue weighted by atomic mass is 32.1. The maximum absolute atomic E-state index is 13.4. The van der Waals surface area contributed by atoms with Crippen LogP contribution in [0.25, 0.3) is 5.69 Å². The van der Waals surface area contributed by atoms with Crippen LogP contribution in [0.2, 0.25) is 0 Å². The van der Waals surface area contributed by atoms with Gasteiger partial charge in [0.15, 0.2) is 5.69 Å². The molecule has 0 spiro atoms. The summed E-state index contributed by atoms with van der Waals surface area (Å²) in [5.41, 5.74) is 5.04. The Bertz CT molecular complexity index is 1150. The molecule has 0 saturated carbocycles. The highest BCUT2D eigenvalue weighted by molar-refractivity contribution is 7.13. The molecule has 0 N–H and O–H groups in total. The highest BCUT2D eigenvalue weighted by Gasteiger charge is 2.32. The third-order valence-corrected chi connectivity index (χ3v) is 7.27. The van der Waals surface area contributed by atoms with Gasteiger partial charge in [0.05, 0.1) is 10.6 Å². The van der Waals surface area contributed by atoms with E-state index < -0.39 is 0 Å². The molecule has 1 aromatic carbocycles. The summed E-state index contributed by atoms with van der Waals surface area (Å²) in [7, 11) is 0. The van der Waals surface area contributed by atoms with Gasteiger partial charge in [-0.15, -0.1) is 11.3 Å². The lowest BCUT2D eigenvalue weighted by Crippen LogP contribution is -2.50. The fourth-order valence-corrected chi connectivity index (χ4v) is 5.41. The third kappa shape index (κ3) is 3.57. The van der Waals surface area contributed by atoms with Gasteiger partial charge in [-0.3, -0.25) is 9.59 Å². The molecular formula is C24H26N4O2S. The summed E-state index contributed by atoms with van der Waals surface area (Å²) in [5.74, 6) is 0.0551. The van der Waals surface area contributed by atoms with E-state index in [-0.39, 0.29) is 11.8 Å². The Morgan fingerprint density at radius 3 is 2.29 bits per heavy atom. The molecule has 0 unspecified atom stereocenters. The van der Waals surface area contributed by atoms with Gasteiger partial charge in [0.1, 0.15) is 0 Å². The Morgan fingerprint density at radius 1 is 0.903 bits per heavy atom. The molecular weight excluding hydrogens is 408 g/mol. The summed E-state index contributed by atoms with van der Waals surface area (Å²) in [6.45, 7) is 6.28. The van der Waals surface area contributed by atoms with Gasteiger partial charge in [0.25, 0.3) is 11.8 Å². The average Bonchev–Trinajstić information content (AvgIpc) is 3.50. The summed E-state index contributed by atoms with van der Waals surface area (Å²) < 4.78 is 1.98. The van der Waals surface area contributed by atoms with Crippen LogP contribution < -0.4 is 0 Å². The van der Waals surface area contributed by atoms with E-state index in [9.17, 15) is 9.59 Å². The molecule has 31 heavy (non-hydrogen) atoms. The highest BCUT2D eigenvalue weighted by Crippen LogP contribution is 2.30. The van der Waals surface area contributed by atoms with Crippen LogP contribution in [0.5, 0.6) is 0 Å². The minimum Gasteiger partial charge on any atom is -0.334 e. The first kappa shape index (κ1) is 20.0. The molecule has 1 saturated heterocycles. The van der Waals surface area contributed by atoms with Crippen LogP contribution in [0.4, 0.5) is 0 Å². The molecule has 2 amide bonds. The van der Waals surface area contributed by atoms with Crippen molar-refractivity contribution in [3.8, 4) is 5.69 Å². The molecule has 0 bridgehead atoms. The van der Waals surface area contributed by atoms with Crippen LogP contribution in [-0.2, 0) is 12.8 Å². The van der Waals surface area contributed by atoms with Gasteiger partial charge in [-0.1, -0.05) is 18.2 Å². The van der Waals surface area contributed by atoms with Gasteiger partial charge >= 0.3 is 0 Å². The first-order valence-corrected chi connectivity index (χ1v) is 11.7. The summed E-state index contributed by atoms with van der Waals surface area (Å²) in [6, 6.07) is 12.0. The van der Waals surface area contributed by atoms with E-state index in [1.54, 1.807) is 0 Å². The summed E-state index contributed by atoms with van der Waals surface area (Å²) >= 11 is 1.52. The fraction of sp³-hybridized carbons (Fsp3) is 0.375. The molecule has 160 valence electrons. The minimum atomic E-state index is -0.00967. The Labute approximate surface area is 186 Å². The molecule has 2 aromatic heterocycles. The van der Waals surface area contributed by atoms with Gasteiger partial charge in [0.2, 0.25) is 0 Å². The molecule has 5 rings (SSSR count). The molecule has 3 aromatic rings. The van der Waals surface area contributed by atoms with E-state index in [0.29, 0.717) is 31.9 Å². The maximum Gasteiger partial charge on any atom is 0.274 e. The van der Waals surface area contributed by atoms with Crippen molar-refractivity contribution in [1.29, 1.82) is 0 Å². The molecule has 0 radical (unpaired) electrons. The number of carbonyl (C=O) groups excluding carboxylic acids is 2. The number of hydrogen-bond donors (Lipinski definition) is 0. The predicted octanol–water partition coefficient (Wildman–Crippen LogP) is 3.64. The van der Waals surface area contributed by atoms with Gasteiger partial charge < -0.3 is 9.80 Å². The SMILES string of the molecule is Cc1ccc(C(=O)N2CCN(C(=O)c3nn(-c4ccccc4C)c4c3CCC4)CC2)s1. The summed E-state index contributed by atoms with van der Waals surface area (Å²) in [6.07, 6.45) is 2.91. The van der Waals surface area contributed by atoms with Crippen molar-refractivity contribution in [1.82, 2.24) is 19.6 Å². The molecule has 1 fully saturated rings. The summed E-state index contributed by atoms with van der Waals surface area (Å²) in [4.78, 5) is 31.7. The largest absolute Gasteiger partial charge is 0.334 e. The fourth-order valence-electron chi connectivity index (χ4n) is 4.58. The minimum absolute atomic E-state index is 0.00967. The lowest BCUT2D eigenvalue weighted by Gasteiger charge is -2.34. The van der Waals surface area contributed by atoms with Crippen LogP contribution in [0.3, 0.4) is 0 Å². The number of fused-ring (bicyclic) bond motifs is 1. The maximum atomic E-state index is 13.4. The lowest BCUT2D eigenvalue weighted by molar-refractivity contribution is 0.0534. The predicted molar refractivity (Wildman–Crippen MR) is 121 cm³/mol. The molecule has 1 aliphatic carbocycles. The molecule has 7 heteroatoms. The van der Waals surface area contributed by atoms with Crippen molar-refractivity contribution in [3.05, 3.63) is 68.7 Å². The number of nitrogens with zero attached hydrogens (tertiary/aromatic N) is 4. The van der Waals surface area contributed by atoms with Crippen molar-refractivity contribution in [2.75, 3.05) is 26.2 Å². The van der Waals surface area contributed by atoms with Crippen LogP contribution in [0.15, 0.2) is 36.4 Å². The number of aromatic nitrogens is 2.